The van der Waals surface area contributed by atoms with Crippen molar-refractivity contribution < 1.29 is 4.74 Å². The van der Waals surface area contributed by atoms with Crippen LogP contribution in [-0.2, 0) is 13.0 Å². The third kappa shape index (κ3) is 2.06. The van der Waals surface area contributed by atoms with Gasteiger partial charge in [0.25, 0.3) is 0 Å². The van der Waals surface area contributed by atoms with Gasteiger partial charge in [-0.25, -0.2) is 0 Å². The molecule has 0 saturated heterocycles. The number of ether oxygens (including phenoxy) is 1. The highest BCUT2D eigenvalue weighted by Gasteiger charge is 2.17. The quantitative estimate of drug-likeness (QED) is 0.781. The van der Waals surface area contributed by atoms with Crippen LogP contribution in [0.15, 0.2) is 48.7 Å². The van der Waals surface area contributed by atoms with Crippen LogP contribution in [0.2, 0.25) is 0 Å². The van der Waals surface area contributed by atoms with E-state index in [0.29, 0.717) is 6.54 Å². The number of benzene rings is 2. The Morgan fingerprint density at radius 3 is 2.95 bits per heavy atom. The number of aromatic nitrogens is 1. The minimum absolute atomic E-state index is 0.505. The lowest BCUT2D eigenvalue weighted by atomic mass is 9.97. The molecule has 0 amide bonds. The Labute approximate surface area is 123 Å². The molecule has 3 aromatic rings. The van der Waals surface area contributed by atoms with Gasteiger partial charge >= 0.3 is 0 Å². The van der Waals surface area contributed by atoms with Crippen molar-refractivity contribution in [1.29, 1.82) is 0 Å². The van der Waals surface area contributed by atoms with Gasteiger partial charge in [-0.15, -0.1) is 0 Å². The second-order valence-corrected chi connectivity index (χ2v) is 5.34. The van der Waals surface area contributed by atoms with Crippen LogP contribution in [0.5, 0.6) is 5.75 Å². The number of rotatable bonds is 2. The van der Waals surface area contributed by atoms with Gasteiger partial charge in [-0.05, 0) is 47.0 Å². The predicted octanol–water partition coefficient (Wildman–Crippen LogP) is 3.30. The van der Waals surface area contributed by atoms with Crippen molar-refractivity contribution in [3.8, 4) is 16.9 Å². The molecule has 1 aliphatic heterocycles. The van der Waals surface area contributed by atoms with E-state index in [0.717, 1.165) is 35.2 Å². The number of fused-ring (bicyclic) bond motifs is 2. The second kappa shape index (κ2) is 4.86. The minimum atomic E-state index is 0.505. The first kappa shape index (κ1) is 12.4. The van der Waals surface area contributed by atoms with Crippen molar-refractivity contribution in [3.63, 3.8) is 0 Å². The highest BCUT2D eigenvalue weighted by Crippen LogP contribution is 2.35. The summed E-state index contributed by atoms with van der Waals surface area (Å²) in [7, 11) is 0. The first-order valence-corrected chi connectivity index (χ1v) is 7.19. The number of pyridine rings is 1. The zero-order chi connectivity index (χ0) is 14.2. The van der Waals surface area contributed by atoms with Crippen molar-refractivity contribution in [1.82, 2.24) is 4.98 Å². The first-order valence-electron chi connectivity index (χ1n) is 7.19. The lowest BCUT2D eigenvalue weighted by molar-refractivity contribution is 0.353. The normalized spacial score (nSPS) is 13.2. The van der Waals surface area contributed by atoms with E-state index in [4.69, 9.17) is 10.5 Å². The molecule has 3 nitrogen and oxygen atoms in total. The molecular weight excluding hydrogens is 260 g/mol. The fourth-order valence-electron chi connectivity index (χ4n) is 2.96. The summed E-state index contributed by atoms with van der Waals surface area (Å²) in [6.45, 7) is 1.26. The summed E-state index contributed by atoms with van der Waals surface area (Å²) in [4.78, 5) is 4.37. The molecule has 1 aromatic heterocycles. The van der Waals surface area contributed by atoms with E-state index in [1.807, 2.05) is 12.3 Å². The van der Waals surface area contributed by atoms with E-state index in [9.17, 15) is 0 Å². The van der Waals surface area contributed by atoms with Crippen LogP contribution in [0, 0.1) is 0 Å². The maximum Gasteiger partial charge on any atom is 0.127 e. The highest BCUT2D eigenvalue weighted by molar-refractivity contribution is 5.84. The molecule has 1 aliphatic rings. The van der Waals surface area contributed by atoms with Crippen molar-refractivity contribution in [3.05, 3.63) is 59.8 Å². The second-order valence-electron chi connectivity index (χ2n) is 5.34. The molecular formula is C18H16N2O. The van der Waals surface area contributed by atoms with Gasteiger partial charge in [0.2, 0.25) is 0 Å². The zero-order valence-electron chi connectivity index (χ0n) is 11.7. The van der Waals surface area contributed by atoms with Crippen LogP contribution in [0.25, 0.3) is 22.0 Å². The van der Waals surface area contributed by atoms with E-state index in [1.54, 1.807) is 0 Å². The molecule has 0 saturated carbocycles. The van der Waals surface area contributed by atoms with E-state index < -0.39 is 0 Å². The molecule has 2 N–H and O–H groups in total. The lowest BCUT2D eigenvalue weighted by Gasteiger charge is -2.10. The van der Waals surface area contributed by atoms with Crippen molar-refractivity contribution >= 4 is 10.9 Å². The Hall–Kier alpha value is -2.39. The Morgan fingerprint density at radius 1 is 1.10 bits per heavy atom. The van der Waals surface area contributed by atoms with Gasteiger partial charge < -0.3 is 10.5 Å². The largest absolute Gasteiger partial charge is 0.493 e. The van der Waals surface area contributed by atoms with Gasteiger partial charge in [-0.3, -0.25) is 4.98 Å². The Bertz CT molecular complexity index is 827. The van der Waals surface area contributed by atoms with Crippen LogP contribution in [0.3, 0.4) is 0 Å². The summed E-state index contributed by atoms with van der Waals surface area (Å²) in [6, 6.07) is 14.8. The zero-order valence-corrected chi connectivity index (χ0v) is 11.7. The standard InChI is InChI=1S/C18H16N2O/c19-11-16-10-15(9-14-5-7-21-18(14)16)12-3-4-17-13(8-12)2-1-6-20-17/h1-4,6,8-10H,5,7,11,19H2. The van der Waals surface area contributed by atoms with E-state index in [1.165, 1.54) is 16.7 Å². The van der Waals surface area contributed by atoms with Gasteiger partial charge in [-0.2, -0.15) is 0 Å². The first-order chi connectivity index (χ1) is 10.3. The SMILES string of the molecule is NCc1cc(-c2ccc3ncccc3c2)cc2c1OCC2. The van der Waals surface area contributed by atoms with E-state index in [2.05, 4.69) is 41.4 Å². The average Bonchev–Trinajstić information content (AvgIpc) is 3.02. The van der Waals surface area contributed by atoms with Crippen molar-refractivity contribution in [2.24, 2.45) is 5.73 Å². The predicted molar refractivity (Wildman–Crippen MR) is 84.3 cm³/mol. The van der Waals surface area contributed by atoms with Crippen LogP contribution in [0.1, 0.15) is 11.1 Å². The molecule has 0 fully saturated rings. The molecule has 0 spiro atoms. The minimum Gasteiger partial charge on any atom is -0.493 e. The number of nitrogens with two attached hydrogens (primary N) is 1. The smallest absolute Gasteiger partial charge is 0.127 e. The summed E-state index contributed by atoms with van der Waals surface area (Å²) < 4.78 is 5.69. The van der Waals surface area contributed by atoms with Crippen molar-refractivity contribution in [2.45, 2.75) is 13.0 Å². The summed E-state index contributed by atoms with van der Waals surface area (Å²) in [5.74, 6) is 0.990. The van der Waals surface area contributed by atoms with Gasteiger partial charge in [0.15, 0.2) is 0 Å². The Morgan fingerprint density at radius 2 is 2.05 bits per heavy atom. The number of hydrogen-bond acceptors (Lipinski definition) is 3. The molecule has 4 rings (SSSR count). The van der Waals surface area contributed by atoms with Crippen LogP contribution in [0.4, 0.5) is 0 Å². The van der Waals surface area contributed by atoms with Crippen LogP contribution < -0.4 is 10.5 Å². The van der Waals surface area contributed by atoms with Crippen molar-refractivity contribution in [2.75, 3.05) is 6.61 Å². The maximum atomic E-state index is 5.87. The fraction of sp³-hybridized carbons (Fsp3) is 0.167. The van der Waals surface area contributed by atoms with E-state index >= 15 is 0 Å². The monoisotopic (exact) mass is 276 g/mol. The molecule has 0 aliphatic carbocycles. The number of hydrogen-bond donors (Lipinski definition) is 1. The third-order valence-corrected chi connectivity index (χ3v) is 4.02. The van der Waals surface area contributed by atoms with Gasteiger partial charge in [0, 0.05) is 30.1 Å². The lowest BCUT2D eigenvalue weighted by Crippen LogP contribution is -2.00. The van der Waals surface area contributed by atoms with Gasteiger partial charge in [0.1, 0.15) is 5.75 Å². The van der Waals surface area contributed by atoms with Crippen LogP contribution >= 0.6 is 0 Å². The highest BCUT2D eigenvalue weighted by atomic mass is 16.5. The molecule has 3 heteroatoms. The Kier molecular flexibility index (Phi) is 2.86. The summed E-state index contributed by atoms with van der Waals surface area (Å²) in [5, 5.41) is 1.15. The fourth-order valence-corrected chi connectivity index (χ4v) is 2.96. The molecule has 104 valence electrons. The summed E-state index contributed by atoms with van der Waals surface area (Å²) in [6.07, 6.45) is 2.78. The molecule has 0 atom stereocenters. The molecule has 0 radical (unpaired) electrons. The average molecular weight is 276 g/mol. The van der Waals surface area contributed by atoms with Gasteiger partial charge in [-0.1, -0.05) is 12.1 Å². The maximum absolute atomic E-state index is 5.87. The number of nitrogens with zero attached hydrogens (tertiary/aromatic N) is 1. The molecule has 2 heterocycles. The van der Waals surface area contributed by atoms with Gasteiger partial charge in [0.05, 0.1) is 12.1 Å². The Balaban J connectivity index is 1.88. The van der Waals surface area contributed by atoms with E-state index in [-0.39, 0.29) is 0 Å². The molecule has 0 bridgehead atoms. The molecule has 0 unspecified atom stereocenters. The summed E-state index contributed by atoms with van der Waals surface area (Å²) in [5.41, 5.74) is 11.6. The third-order valence-electron chi connectivity index (χ3n) is 4.02. The molecule has 2 aromatic carbocycles. The van der Waals surface area contributed by atoms with Crippen LogP contribution in [-0.4, -0.2) is 11.6 Å². The molecule has 21 heavy (non-hydrogen) atoms. The summed E-state index contributed by atoms with van der Waals surface area (Å²) >= 11 is 0. The topological polar surface area (TPSA) is 48.1 Å².